The van der Waals surface area contributed by atoms with Crippen molar-refractivity contribution in [3.63, 3.8) is 0 Å². The van der Waals surface area contributed by atoms with Gasteiger partial charge in [0.25, 0.3) is 5.91 Å². The molecule has 30 heavy (non-hydrogen) atoms. The second kappa shape index (κ2) is 9.47. The molecule has 0 fully saturated rings. The quantitative estimate of drug-likeness (QED) is 0.537. The Hall–Kier alpha value is -1.94. The number of hydrogen-bond donors (Lipinski definition) is 0. The standard InChI is InChI=1S/C21H25N3O3S3/c1-5-15-6-11-18-19(14-15)29-21(24(18)12-13-28-4)22-20(25)16-7-9-17(10-8-16)30(26,27)23(2)3/h6-11,14H,5,12-13H2,1-4H3. The smallest absolute Gasteiger partial charge is 0.279 e. The van der Waals surface area contributed by atoms with E-state index in [9.17, 15) is 13.2 Å². The van der Waals surface area contributed by atoms with Crippen LogP contribution >= 0.6 is 23.1 Å². The molecule has 3 aromatic rings. The third kappa shape index (κ3) is 4.69. The number of carbonyl (C=O) groups excluding carboxylic acids is 1. The van der Waals surface area contributed by atoms with Crippen molar-refractivity contribution in [1.82, 2.24) is 8.87 Å². The van der Waals surface area contributed by atoms with Crippen molar-refractivity contribution in [2.45, 2.75) is 24.8 Å². The van der Waals surface area contributed by atoms with Gasteiger partial charge >= 0.3 is 0 Å². The molecule has 0 unspecified atom stereocenters. The summed E-state index contributed by atoms with van der Waals surface area (Å²) in [4.78, 5) is 18.0. The Bertz CT molecular complexity index is 1220. The van der Waals surface area contributed by atoms with Crippen molar-refractivity contribution < 1.29 is 13.2 Å². The lowest BCUT2D eigenvalue weighted by molar-refractivity contribution is 0.0997. The van der Waals surface area contributed by atoms with Crippen LogP contribution in [0.3, 0.4) is 0 Å². The zero-order chi connectivity index (χ0) is 21.9. The summed E-state index contributed by atoms with van der Waals surface area (Å²) < 4.78 is 28.8. The van der Waals surface area contributed by atoms with E-state index >= 15 is 0 Å². The average molecular weight is 464 g/mol. The maximum atomic E-state index is 12.8. The Kier molecular flexibility index (Phi) is 7.18. The fourth-order valence-electron chi connectivity index (χ4n) is 2.95. The number of sulfonamides is 1. The molecule has 0 atom stereocenters. The molecular weight excluding hydrogens is 438 g/mol. The predicted octanol–water partition coefficient (Wildman–Crippen LogP) is 3.62. The number of thiazole rings is 1. The van der Waals surface area contributed by atoms with E-state index in [-0.39, 0.29) is 10.8 Å². The van der Waals surface area contributed by atoms with E-state index in [0.717, 1.165) is 33.2 Å². The van der Waals surface area contributed by atoms with Gasteiger partial charge < -0.3 is 4.57 Å². The summed E-state index contributed by atoms with van der Waals surface area (Å²) in [6, 6.07) is 12.3. The molecule has 0 spiro atoms. The van der Waals surface area contributed by atoms with E-state index in [0.29, 0.717) is 10.4 Å². The number of carbonyl (C=O) groups is 1. The first kappa shape index (κ1) is 22.7. The first-order valence-electron chi connectivity index (χ1n) is 9.50. The molecule has 0 N–H and O–H groups in total. The summed E-state index contributed by atoms with van der Waals surface area (Å²) >= 11 is 3.24. The van der Waals surface area contributed by atoms with Crippen LogP contribution in [0.4, 0.5) is 0 Å². The number of rotatable bonds is 7. The molecule has 1 amide bonds. The number of nitrogens with zero attached hydrogens (tertiary/aromatic N) is 3. The van der Waals surface area contributed by atoms with Crippen LogP contribution in [0.2, 0.25) is 0 Å². The number of thioether (sulfide) groups is 1. The Morgan fingerprint density at radius 1 is 1.17 bits per heavy atom. The molecule has 9 heteroatoms. The van der Waals surface area contributed by atoms with Crippen LogP contribution in [0.15, 0.2) is 52.4 Å². The minimum absolute atomic E-state index is 0.146. The topological polar surface area (TPSA) is 71.7 Å². The third-order valence-electron chi connectivity index (χ3n) is 4.75. The zero-order valence-corrected chi connectivity index (χ0v) is 19.9. The van der Waals surface area contributed by atoms with Crippen molar-refractivity contribution in [2.75, 3.05) is 26.1 Å². The van der Waals surface area contributed by atoms with Gasteiger partial charge in [0.05, 0.1) is 15.1 Å². The van der Waals surface area contributed by atoms with Crippen molar-refractivity contribution >= 4 is 49.2 Å². The minimum Gasteiger partial charge on any atom is -0.316 e. The molecular formula is C21H25N3O3S3. The molecule has 0 bridgehead atoms. The van der Waals surface area contributed by atoms with Crippen molar-refractivity contribution in [1.29, 1.82) is 0 Å². The summed E-state index contributed by atoms with van der Waals surface area (Å²) in [5.41, 5.74) is 2.68. The summed E-state index contributed by atoms with van der Waals surface area (Å²) in [6.45, 7) is 2.88. The van der Waals surface area contributed by atoms with Crippen LogP contribution < -0.4 is 4.80 Å². The molecule has 0 radical (unpaired) electrons. The molecule has 3 rings (SSSR count). The van der Waals surface area contributed by atoms with E-state index in [1.165, 1.54) is 55.3 Å². The lowest BCUT2D eigenvalue weighted by Gasteiger charge is -2.11. The van der Waals surface area contributed by atoms with E-state index in [4.69, 9.17) is 0 Å². The molecule has 0 aliphatic heterocycles. The molecule has 0 aliphatic rings. The van der Waals surface area contributed by atoms with Crippen LogP contribution in [0.25, 0.3) is 10.2 Å². The zero-order valence-electron chi connectivity index (χ0n) is 17.5. The lowest BCUT2D eigenvalue weighted by atomic mass is 10.2. The van der Waals surface area contributed by atoms with Crippen LogP contribution in [0.1, 0.15) is 22.8 Å². The van der Waals surface area contributed by atoms with Gasteiger partial charge in [-0.25, -0.2) is 12.7 Å². The highest BCUT2D eigenvalue weighted by molar-refractivity contribution is 7.98. The first-order valence-corrected chi connectivity index (χ1v) is 13.2. The Morgan fingerprint density at radius 3 is 2.47 bits per heavy atom. The first-order chi connectivity index (χ1) is 14.3. The molecule has 0 saturated heterocycles. The molecule has 1 aromatic heterocycles. The monoisotopic (exact) mass is 463 g/mol. The Morgan fingerprint density at radius 2 is 1.87 bits per heavy atom. The lowest BCUT2D eigenvalue weighted by Crippen LogP contribution is -2.22. The number of fused-ring (bicyclic) bond motifs is 1. The molecule has 0 saturated carbocycles. The highest BCUT2D eigenvalue weighted by atomic mass is 32.2. The number of amides is 1. The van der Waals surface area contributed by atoms with Gasteiger partial charge in [-0.3, -0.25) is 4.79 Å². The third-order valence-corrected chi connectivity index (χ3v) is 8.21. The maximum absolute atomic E-state index is 12.8. The predicted molar refractivity (Wildman–Crippen MR) is 125 cm³/mol. The average Bonchev–Trinajstić information content (AvgIpc) is 3.07. The van der Waals surface area contributed by atoms with Crippen molar-refractivity contribution in [2.24, 2.45) is 4.99 Å². The Balaban J connectivity index is 2.02. The normalized spacial score (nSPS) is 12.8. The minimum atomic E-state index is -3.53. The van der Waals surface area contributed by atoms with Gasteiger partial charge in [0.2, 0.25) is 10.0 Å². The summed E-state index contributed by atoms with van der Waals surface area (Å²) in [7, 11) is -0.583. The largest absolute Gasteiger partial charge is 0.316 e. The molecule has 6 nitrogen and oxygen atoms in total. The van der Waals surface area contributed by atoms with Crippen molar-refractivity contribution in [3.8, 4) is 0 Å². The van der Waals surface area contributed by atoms with E-state index in [1.807, 2.05) is 0 Å². The van der Waals surface area contributed by atoms with E-state index in [1.54, 1.807) is 11.8 Å². The van der Waals surface area contributed by atoms with Gasteiger partial charge in [-0.15, -0.1) is 0 Å². The van der Waals surface area contributed by atoms with Crippen LogP contribution in [-0.2, 0) is 23.0 Å². The Labute approximate surface area is 185 Å². The van der Waals surface area contributed by atoms with Gasteiger partial charge in [0, 0.05) is 32.0 Å². The molecule has 160 valence electrons. The maximum Gasteiger partial charge on any atom is 0.279 e. The van der Waals surface area contributed by atoms with Crippen molar-refractivity contribution in [3.05, 3.63) is 58.4 Å². The summed E-state index contributed by atoms with van der Waals surface area (Å²) in [6.07, 6.45) is 3.00. The summed E-state index contributed by atoms with van der Waals surface area (Å²) in [5.74, 6) is 0.531. The van der Waals surface area contributed by atoms with Gasteiger partial charge in [0.15, 0.2) is 4.80 Å². The molecule has 2 aromatic carbocycles. The molecule has 1 heterocycles. The van der Waals surface area contributed by atoms with Gasteiger partial charge in [-0.2, -0.15) is 16.8 Å². The second-order valence-electron chi connectivity index (χ2n) is 6.91. The van der Waals surface area contributed by atoms with Gasteiger partial charge in [-0.1, -0.05) is 24.3 Å². The van der Waals surface area contributed by atoms with E-state index < -0.39 is 10.0 Å². The SMILES string of the molecule is CCc1ccc2c(c1)sc(=NC(=O)c1ccc(S(=O)(=O)N(C)C)cc1)n2CCSC. The van der Waals surface area contributed by atoms with Crippen LogP contribution in [0, 0.1) is 0 Å². The molecule has 0 aliphatic carbocycles. The van der Waals surface area contributed by atoms with Gasteiger partial charge in [0.1, 0.15) is 0 Å². The number of aromatic nitrogens is 1. The number of aryl methyl sites for hydroxylation is 2. The van der Waals surface area contributed by atoms with E-state index in [2.05, 4.69) is 40.9 Å². The fraction of sp³-hybridized carbons (Fsp3) is 0.333. The van der Waals surface area contributed by atoms with Crippen LogP contribution in [-0.4, -0.2) is 49.3 Å². The second-order valence-corrected chi connectivity index (χ2v) is 11.1. The van der Waals surface area contributed by atoms with Crippen LogP contribution in [0.5, 0.6) is 0 Å². The highest BCUT2D eigenvalue weighted by Crippen LogP contribution is 2.20. The number of benzene rings is 2. The number of hydrogen-bond acceptors (Lipinski definition) is 5. The fourth-order valence-corrected chi connectivity index (χ4v) is 5.34. The van der Waals surface area contributed by atoms with Gasteiger partial charge in [-0.05, 0) is 54.6 Å². The summed E-state index contributed by atoms with van der Waals surface area (Å²) in [5, 5.41) is 0. The highest BCUT2D eigenvalue weighted by Gasteiger charge is 2.17.